The van der Waals surface area contributed by atoms with Gasteiger partial charge < -0.3 is 15.8 Å². The number of ether oxygens (including phenoxy) is 1. The first-order valence-electron chi connectivity index (χ1n) is 6.36. The van der Waals surface area contributed by atoms with Crippen molar-refractivity contribution in [1.82, 2.24) is 15.5 Å². The van der Waals surface area contributed by atoms with E-state index in [2.05, 4.69) is 15.5 Å². The number of nitrogens with one attached hydrogen (secondary N) is 1. The summed E-state index contributed by atoms with van der Waals surface area (Å²) in [6.45, 7) is 4.04. The summed E-state index contributed by atoms with van der Waals surface area (Å²) in [4.78, 5) is 11.5. The van der Waals surface area contributed by atoms with Gasteiger partial charge >= 0.3 is 0 Å². The fourth-order valence-corrected chi connectivity index (χ4v) is 1.61. The summed E-state index contributed by atoms with van der Waals surface area (Å²) in [6.07, 6.45) is 0. The molecule has 0 saturated carbocycles. The highest BCUT2D eigenvalue weighted by molar-refractivity contribution is 5.91. The van der Waals surface area contributed by atoms with Crippen molar-refractivity contribution in [2.75, 3.05) is 12.3 Å². The molecule has 21 heavy (non-hydrogen) atoms. The smallest absolute Gasteiger partial charge is 0.271 e. The number of carbonyl (C=O) groups excluding carboxylic acids is 1. The van der Waals surface area contributed by atoms with Crippen molar-refractivity contribution in [2.45, 2.75) is 13.8 Å². The molecule has 0 radical (unpaired) electrons. The van der Waals surface area contributed by atoms with Gasteiger partial charge in [0.25, 0.3) is 5.91 Å². The van der Waals surface area contributed by atoms with Crippen molar-refractivity contribution in [2.24, 2.45) is 0 Å². The Hall–Kier alpha value is -2.70. The number of nitrogens with zero attached hydrogens (tertiary/aromatic N) is 2. The van der Waals surface area contributed by atoms with Crippen molar-refractivity contribution in [3.05, 3.63) is 41.3 Å². The lowest BCUT2D eigenvalue weighted by Gasteiger charge is -2.08. The number of aryl methyl sites for hydroxylation is 1. The van der Waals surface area contributed by atoms with E-state index < -0.39 is 5.82 Å². The van der Waals surface area contributed by atoms with Crippen LogP contribution in [-0.4, -0.2) is 22.6 Å². The van der Waals surface area contributed by atoms with E-state index in [1.54, 1.807) is 13.8 Å². The SMILES string of the molecule is CCNC(=O)c1ccc(Oc2cc(C)c(N)cc2F)nn1. The number of benzene rings is 1. The lowest BCUT2D eigenvalue weighted by atomic mass is 10.2. The zero-order valence-corrected chi connectivity index (χ0v) is 11.7. The van der Waals surface area contributed by atoms with Crippen LogP contribution in [0.25, 0.3) is 0 Å². The van der Waals surface area contributed by atoms with Crippen molar-refractivity contribution in [3.8, 4) is 11.6 Å². The van der Waals surface area contributed by atoms with E-state index in [-0.39, 0.29) is 23.2 Å². The molecule has 7 heteroatoms. The van der Waals surface area contributed by atoms with Crippen LogP contribution in [0.3, 0.4) is 0 Å². The molecule has 0 atom stereocenters. The Morgan fingerprint density at radius 3 is 2.76 bits per heavy atom. The van der Waals surface area contributed by atoms with Crippen LogP contribution in [0, 0.1) is 12.7 Å². The Kier molecular flexibility index (Phi) is 4.32. The number of hydrogen-bond donors (Lipinski definition) is 2. The van der Waals surface area contributed by atoms with Gasteiger partial charge in [-0.15, -0.1) is 10.2 Å². The molecule has 0 aliphatic heterocycles. The molecule has 2 rings (SSSR count). The van der Waals surface area contributed by atoms with Gasteiger partial charge in [-0.25, -0.2) is 4.39 Å². The number of amides is 1. The Labute approximate surface area is 121 Å². The van der Waals surface area contributed by atoms with Crippen LogP contribution >= 0.6 is 0 Å². The Balaban J connectivity index is 2.17. The largest absolute Gasteiger partial charge is 0.434 e. The van der Waals surface area contributed by atoms with Crippen LogP contribution in [0.15, 0.2) is 24.3 Å². The summed E-state index contributed by atoms with van der Waals surface area (Å²) in [6, 6.07) is 5.56. The third-order valence-corrected chi connectivity index (χ3v) is 2.75. The Morgan fingerprint density at radius 2 is 2.14 bits per heavy atom. The third-order valence-electron chi connectivity index (χ3n) is 2.75. The summed E-state index contributed by atoms with van der Waals surface area (Å²) < 4.78 is 19.0. The van der Waals surface area contributed by atoms with Crippen molar-refractivity contribution in [1.29, 1.82) is 0 Å². The average Bonchev–Trinajstić information content (AvgIpc) is 2.46. The lowest BCUT2D eigenvalue weighted by molar-refractivity contribution is 0.0949. The van der Waals surface area contributed by atoms with Gasteiger partial charge in [-0.3, -0.25) is 4.79 Å². The molecule has 110 valence electrons. The van der Waals surface area contributed by atoms with Crippen molar-refractivity contribution in [3.63, 3.8) is 0 Å². The number of rotatable bonds is 4. The summed E-state index contributed by atoms with van der Waals surface area (Å²) in [7, 11) is 0. The van der Waals surface area contributed by atoms with Gasteiger partial charge in [0.1, 0.15) is 0 Å². The maximum absolute atomic E-state index is 13.7. The fourth-order valence-electron chi connectivity index (χ4n) is 1.61. The molecule has 0 saturated heterocycles. The molecule has 1 amide bonds. The zero-order chi connectivity index (χ0) is 15.4. The topological polar surface area (TPSA) is 90.1 Å². The van der Waals surface area contributed by atoms with Crippen LogP contribution in [0.5, 0.6) is 11.6 Å². The standard InChI is InChI=1S/C14H15FN4O2/c1-3-17-14(20)11-4-5-13(19-18-11)21-12-6-8(2)10(16)7-9(12)15/h4-7H,3,16H2,1-2H3,(H,17,20). The molecule has 6 nitrogen and oxygen atoms in total. The number of halogens is 1. The lowest BCUT2D eigenvalue weighted by Crippen LogP contribution is -2.23. The Bertz CT molecular complexity index is 659. The molecule has 0 aliphatic carbocycles. The second-order valence-corrected chi connectivity index (χ2v) is 4.36. The second kappa shape index (κ2) is 6.17. The monoisotopic (exact) mass is 290 g/mol. The van der Waals surface area contributed by atoms with Crippen LogP contribution in [0.1, 0.15) is 23.0 Å². The fraction of sp³-hybridized carbons (Fsp3) is 0.214. The number of nitrogens with two attached hydrogens (primary N) is 1. The first-order chi connectivity index (χ1) is 10.0. The maximum Gasteiger partial charge on any atom is 0.271 e. The molecule has 0 aliphatic rings. The van der Waals surface area contributed by atoms with E-state index in [1.165, 1.54) is 24.3 Å². The van der Waals surface area contributed by atoms with E-state index in [0.29, 0.717) is 17.8 Å². The molecule has 3 N–H and O–H groups in total. The minimum absolute atomic E-state index is 0.00163. The molecule has 1 heterocycles. The van der Waals surface area contributed by atoms with Crippen LogP contribution in [0.4, 0.5) is 10.1 Å². The molecular weight excluding hydrogens is 275 g/mol. The first kappa shape index (κ1) is 14.7. The van der Waals surface area contributed by atoms with E-state index in [9.17, 15) is 9.18 Å². The highest BCUT2D eigenvalue weighted by Gasteiger charge is 2.11. The molecule has 0 unspecified atom stereocenters. The molecule has 1 aromatic heterocycles. The average molecular weight is 290 g/mol. The number of nitrogen functional groups attached to an aromatic ring is 1. The van der Waals surface area contributed by atoms with Crippen LogP contribution in [0.2, 0.25) is 0 Å². The summed E-state index contributed by atoms with van der Waals surface area (Å²) in [5.74, 6) is -0.827. The Morgan fingerprint density at radius 1 is 1.38 bits per heavy atom. The number of carbonyl (C=O) groups is 1. The molecular formula is C14H15FN4O2. The molecule has 0 bridgehead atoms. The van der Waals surface area contributed by atoms with Gasteiger partial charge in [0.15, 0.2) is 17.3 Å². The highest BCUT2D eigenvalue weighted by atomic mass is 19.1. The van der Waals surface area contributed by atoms with Gasteiger partial charge in [-0.05, 0) is 31.5 Å². The van der Waals surface area contributed by atoms with Crippen molar-refractivity contribution < 1.29 is 13.9 Å². The maximum atomic E-state index is 13.7. The quantitative estimate of drug-likeness (QED) is 0.841. The van der Waals surface area contributed by atoms with Gasteiger partial charge in [-0.2, -0.15) is 0 Å². The second-order valence-electron chi connectivity index (χ2n) is 4.36. The highest BCUT2D eigenvalue weighted by Crippen LogP contribution is 2.27. The minimum Gasteiger partial charge on any atom is -0.434 e. The van der Waals surface area contributed by atoms with Crippen LogP contribution in [-0.2, 0) is 0 Å². The predicted molar refractivity (Wildman–Crippen MR) is 75.7 cm³/mol. The van der Waals surface area contributed by atoms with Gasteiger partial charge in [0, 0.05) is 24.4 Å². The van der Waals surface area contributed by atoms with E-state index in [4.69, 9.17) is 10.5 Å². The normalized spacial score (nSPS) is 10.2. The summed E-state index contributed by atoms with van der Waals surface area (Å²) >= 11 is 0. The predicted octanol–water partition coefficient (Wildman–Crippen LogP) is 2.05. The van der Waals surface area contributed by atoms with Crippen LogP contribution < -0.4 is 15.8 Å². The molecule has 1 aromatic carbocycles. The van der Waals surface area contributed by atoms with Gasteiger partial charge in [0.2, 0.25) is 5.88 Å². The van der Waals surface area contributed by atoms with Gasteiger partial charge in [-0.1, -0.05) is 0 Å². The van der Waals surface area contributed by atoms with E-state index in [0.717, 1.165) is 0 Å². The van der Waals surface area contributed by atoms with E-state index in [1.807, 2.05) is 0 Å². The molecule has 2 aromatic rings. The molecule has 0 fully saturated rings. The number of anilines is 1. The third kappa shape index (κ3) is 3.44. The zero-order valence-electron chi connectivity index (χ0n) is 11.7. The number of aromatic nitrogens is 2. The summed E-state index contributed by atoms with van der Waals surface area (Å²) in [5.41, 5.74) is 6.80. The van der Waals surface area contributed by atoms with Gasteiger partial charge in [0.05, 0.1) is 0 Å². The summed E-state index contributed by atoms with van der Waals surface area (Å²) in [5, 5.41) is 10.1. The van der Waals surface area contributed by atoms with E-state index >= 15 is 0 Å². The molecule has 0 spiro atoms. The minimum atomic E-state index is -0.590. The van der Waals surface area contributed by atoms with Crippen molar-refractivity contribution >= 4 is 11.6 Å². The number of hydrogen-bond acceptors (Lipinski definition) is 5. The first-order valence-corrected chi connectivity index (χ1v) is 6.36.